The summed E-state index contributed by atoms with van der Waals surface area (Å²) >= 11 is 0. The summed E-state index contributed by atoms with van der Waals surface area (Å²) in [5, 5.41) is 24.8. The number of nitrogens with zero attached hydrogens (tertiary/aromatic N) is 6. The van der Waals surface area contributed by atoms with E-state index in [2.05, 4.69) is 459 Å². The van der Waals surface area contributed by atoms with Gasteiger partial charge in [-0.05, 0) is 199 Å². The fourth-order valence-electron chi connectivity index (χ4n) is 19.8. The Bertz CT molecular complexity index is 8210. The maximum Gasteiger partial charge on any atom is 0.0716 e. The van der Waals surface area contributed by atoms with Gasteiger partial charge in [-0.3, -0.25) is 15.0 Å². The highest BCUT2D eigenvalue weighted by Crippen LogP contribution is 2.49. The lowest BCUT2D eigenvalue weighted by Crippen LogP contribution is -2.10. The van der Waals surface area contributed by atoms with Crippen LogP contribution in [-0.4, -0.2) is 28.7 Å². The van der Waals surface area contributed by atoms with E-state index in [0.29, 0.717) is 0 Å². The van der Waals surface area contributed by atoms with E-state index in [-0.39, 0.29) is 5.41 Å². The Morgan fingerprint density at radius 3 is 0.672 bits per heavy atom. The van der Waals surface area contributed by atoms with Gasteiger partial charge in [-0.15, -0.1) is 0 Å². The molecular formula is C119H82N6. The van der Waals surface area contributed by atoms with Crippen LogP contribution in [0.5, 0.6) is 0 Å². The normalized spacial score (nSPS) is 11.8. The fraction of sp³-hybridized carbons (Fsp3) is 0.0336. The van der Waals surface area contributed by atoms with E-state index in [1.165, 1.54) is 196 Å². The van der Waals surface area contributed by atoms with E-state index < -0.39 is 0 Å². The summed E-state index contributed by atoms with van der Waals surface area (Å²) < 4.78 is 6.96. The van der Waals surface area contributed by atoms with Gasteiger partial charge in [-0.25, -0.2) is 0 Å². The molecule has 125 heavy (non-hydrogen) atoms. The summed E-state index contributed by atoms with van der Waals surface area (Å²) in [5.74, 6) is 0. The molecule has 0 atom stereocenters. The molecule has 0 unspecified atom stereocenters. The molecule has 25 rings (SSSR count). The predicted octanol–water partition coefficient (Wildman–Crippen LogP) is 31.9. The van der Waals surface area contributed by atoms with Crippen LogP contribution in [0.25, 0.3) is 225 Å². The fourth-order valence-corrected chi connectivity index (χ4v) is 19.8. The third kappa shape index (κ3) is 12.6. The summed E-state index contributed by atoms with van der Waals surface area (Å²) in [5.41, 5.74) is 25.7. The number of aromatic nitrogens is 6. The zero-order chi connectivity index (χ0) is 83.2. The van der Waals surface area contributed by atoms with Gasteiger partial charge in [-0.1, -0.05) is 367 Å². The van der Waals surface area contributed by atoms with Gasteiger partial charge < -0.3 is 13.7 Å². The van der Waals surface area contributed by atoms with Gasteiger partial charge >= 0.3 is 0 Å². The average molecular weight is 1600 g/mol. The molecule has 0 N–H and O–H groups in total. The second-order valence-electron chi connectivity index (χ2n) is 33.6. The Morgan fingerprint density at radius 2 is 0.400 bits per heavy atom. The Hall–Kier alpha value is -16.2. The number of para-hydroxylation sites is 6. The van der Waals surface area contributed by atoms with Crippen molar-refractivity contribution in [1.82, 2.24) is 28.7 Å². The van der Waals surface area contributed by atoms with Crippen LogP contribution in [0.1, 0.15) is 26.3 Å². The topological polar surface area (TPSA) is 53.5 Å². The van der Waals surface area contributed by atoms with E-state index >= 15 is 0 Å². The Balaban J connectivity index is 0.000000108. The predicted molar refractivity (Wildman–Crippen MR) is 530 cm³/mol. The monoisotopic (exact) mass is 1590 g/mol. The van der Waals surface area contributed by atoms with Crippen molar-refractivity contribution in [3.05, 3.63) is 449 Å². The van der Waals surface area contributed by atoms with E-state index in [1.54, 1.807) is 0 Å². The molecule has 0 bridgehead atoms. The van der Waals surface area contributed by atoms with Crippen LogP contribution in [0.2, 0.25) is 0 Å². The van der Waals surface area contributed by atoms with E-state index in [0.717, 1.165) is 34.1 Å². The molecule has 6 nitrogen and oxygen atoms in total. The molecule has 0 saturated heterocycles. The summed E-state index contributed by atoms with van der Waals surface area (Å²) in [6.07, 6.45) is 6.06. The zero-order valence-corrected chi connectivity index (χ0v) is 69.3. The second kappa shape index (κ2) is 30.5. The first-order chi connectivity index (χ1) is 61.7. The Labute approximate surface area is 723 Å². The third-order valence-corrected chi connectivity index (χ3v) is 25.5. The summed E-state index contributed by atoms with van der Waals surface area (Å²) in [6.45, 7) is 6.80. The quantitative estimate of drug-likeness (QED) is 0.135. The lowest BCUT2D eigenvalue weighted by Gasteiger charge is -2.20. The molecule has 6 heteroatoms. The van der Waals surface area contributed by atoms with Crippen molar-refractivity contribution in [1.29, 1.82) is 0 Å². The number of rotatable bonds is 9. The summed E-state index contributed by atoms with van der Waals surface area (Å²) in [4.78, 5) is 15.4. The van der Waals surface area contributed by atoms with Gasteiger partial charge in [0.25, 0.3) is 0 Å². The highest BCUT2D eigenvalue weighted by atomic mass is 15.0. The van der Waals surface area contributed by atoms with Crippen molar-refractivity contribution in [2.75, 3.05) is 0 Å². The number of hydrogen-bond acceptors (Lipinski definition) is 3. The van der Waals surface area contributed by atoms with Crippen LogP contribution in [0.3, 0.4) is 0 Å². The van der Waals surface area contributed by atoms with Gasteiger partial charge in [0.15, 0.2) is 0 Å². The molecule has 0 aliphatic carbocycles. The maximum absolute atomic E-state index is 5.14. The average Bonchev–Trinajstić information content (AvgIpc) is 1.74. The lowest BCUT2D eigenvalue weighted by atomic mass is 9.84. The first-order valence-electron chi connectivity index (χ1n) is 43.0. The van der Waals surface area contributed by atoms with Crippen molar-refractivity contribution in [2.45, 2.75) is 26.2 Å². The van der Waals surface area contributed by atoms with Gasteiger partial charge in [-0.2, -0.15) is 0 Å². The lowest BCUT2D eigenvalue weighted by molar-refractivity contribution is 0.590. The van der Waals surface area contributed by atoms with Crippen LogP contribution in [0.15, 0.2) is 443 Å². The molecule has 0 amide bonds. The Kier molecular flexibility index (Phi) is 18.1. The molecule has 0 fully saturated rings. The summed E-state index contributed by atoms with van der Waals surface area (Å²) in [6, 6.07) is 153. The Morgan fingerprint density at radius 1 is 0.176 bits per heavy atom. The van der Waals surface area contributed by atoms with Crippen molar-refractivity contribution >= 4 is 141 Å². The standard InChI is InChI=1S/C41H26N2.C41H32N2.C37H24N2/c1-2-12-28-25-29(22-21-27(28)11-1)40-33-15-3-5-17-35(33)41(36-18-6-4-16-34(36)40)37-24-23-30(26-42-37)43-38-19-9-7-13-31(38)32-14-8-10-20-39(32)43;1-41(2,3)28-22-20-27(21-23-28)39-32-14-4-6-16-34(32)40(35-17-7-5-15-33(35)39)36-25-24-29(26-42-36)43-37-18-10-8-12-30(37)31-13-9-11-19-38(31)43;1-2-12-25(13-3-1)36-29-16-4-6-18-31(29)37(32-19-7-5-17-30(32)36)33-23-22-26(24-38-33)39-34-20-10-8-14-27(34)28-15-9-11-21-35(28)39/h1-26H;4-26H,1-3H3;1-24H. The van der Waals surface area contributed by atoms with E-state index in [9.17, 15) is 0 Å². The minimum Gasteiger partial charge on any atom is -0.308 e. The van der Waals surface area contributed by atoms with E-state index in [1.807, 2.05) is 18.6 Å². The smallest absolute Gasteiger partial charge is 0.0716 e. The van der Waals surface area contributed by atoms with Crippen LogP contribution in [0.4, 0.5) is 0 Å². The molecule has 0 aliphatic rings. The number of benzene rings is 19. The zero-order valence-electron chi connectivity index (χ0n) is 69.3. The molecule has 25 aromatic rings. The molecule has 588 valence electrons. The largest absolute Gasteiger partial charge is 0.308 e. The van der Waals surface area contributed by atoms with Crippen molar-refractivity contribution in [3.8, 4) is 84.2 Å². The first kappa shape index (κ1) is 73.9. The van der Waals surface area contributed by atoms with Gasteiger partial charge in [0.1, 0.15) is 0 Å². The third-order valence-electron chi connectivity index (χ3n) is 25.5. The van der Waals surface area contributed by atoms with Crippen LogP contribution in [0, 0.1) is 0 Å². The van der Waals surface area contributed by atoms with E-state index in [4.69, 9.17) is 15.0 Å². The minimum absolute atomic E-state index is 0.115. The number of fused-ring (bicyclic) bond motifs is 16. The SMILES string of the molecule is CC(C)(C)c1ccc(-c2c3ccccc3c(-c3ccc(-n4c5ccccc5c5ccccc54)cn3)c3ccccc23)cc1.c1ccc(-c2c3ccccc3c(-c3ccc(-n4c5ccccc5c5ccccc54)cn3)c3ccccc23)cc1.c1ccc2cc(-c3c4ccccc4c(-c4ccc(-n5c6ccccc6c6ccccc65)cn4)c4ccccc34)ccc2c1. The van der Waals surface area contributed by atoms with Crippen molar-refractivity contribution in [3.63, 3.8) is 0 Å². The van der Waals surface area contributed by atoms with Crippen molar-refractivity contribution in [2.24, 2.45) is 0 Å². The molecule has 0 spiro atoms. The molecule has 6 heterocycles. The molecule has 0 saturated carbocycles. The molecule has 0 radical (unpaired) electrons. The second-order valence-corrected chi connectivity index (χ2v) is 33.6. The van der Waals surface area contributed by atoms with Crippen molar-refractivity contribution < 1.29 is 0 Å². The highest BCUT2D eigenvalue weighted by Gasteiger charge is 2.25. The van der Waals surface area contributed by atoms with Crippen LogP contribution >= 0.6 is 0 Å². The highest BCUT2D eigenvalue weighted by molar-refractivity contribution is 6.25. The molecular weight excluding hydrogens is 1510 g/mol. The molecule has 19 aromatic carbocycles. The molecule has 6 aromatic heterocycles. The number of pyridine rings is 3. The maximum atomic E-state index is 5.14. The number of hydrogen-bond donors (Lipinski definition) is 0. The first-order valence-corrected chi connectivity index (χ1v) is 43.0. The van der Waals surface area contributed by atoms with Gasteiger partial charge in [0, 0.05) is 49.0 Å². The molecule has 0 aliphatic heterocycles. The summed E-state index contributed by atoms with van der Waals surface area (Å²) in [7, 11) is 0. The van der Waals surface area contributed by atoms with Gasteiger partial charge in [0.2, 0.25) is 0 Å². The van der Waals surface area contributed by atoms with Crippen LogP contribution in [-0.2, 0) is 5.41 Å². The minimum atomic E-state index is 0.115. The van der Waals surface area contributed by atoms with Crippen LogP contribution < -0.4 is 0 Å². The van der Waals surface area contributed by atoms with Gasteiger partial charge in [0.05, 0.1) is 85.8 Å².